The molecule has 1 rings (SSSR count). The molecule has 1 N–H and O–H groups in total. The number of carbonyl (C=O) groups excluding carboxylic acids is 1. The van der Waals surface area contributed by atoms with Crippen LogP contribution in [0.1, 0.15) is 44.6 Å². The van der Waals surface area contributed by atoms with Crippen molar-refractivity contribution < 1.29 is 14.7 Å². The van der Waals surface area contributed by atoms with Crippen LogP contribution in [0.2, 0.25) is 0 Å². The lowest BCUT2D eigenvalue weighted by Crippen LogP contribution is -2.34. The number of hydrogen-bond donors (Lipinski definition) is 1. The van der Waals surface area contributed by atoms with Crippen molar-refractivity contribution in [2.75, 3.05) is 32.1 Å². The zero-order valence-corrected chi connectivity index (χ0v) is 14.6. The molecule has 0 fully saturated rings. The Balaban J connectivity index is 2.89. The molecule has 128 valence electrons. The number of carbonyl (C=O) groups is 2. The van der Waals surface area contributed by atoms with Crippen LogP contribution in [-0.2, 0) is 9.59 Å². The van der Waals surface area contributed by atoms with Gasteiger partial charge in [0.1, 0.15) is 0 Å². The molecule has 23 heavy (non-hydrogen) atoms. The third kappa shape index (κ3) is 5.58. The van der Waals surface area contributed by atoms with Crippen LogP contribution >= 0.6 is 0 Å². The largest absolute Gasteiger partial charge is 0.481 e. The highest BCUT2D eigenvalue weighted by molar-refractivity contribution is 5.85. The molecule has 1 aromatic rings. The summed E-state index contributed by atoms with van der Waals surface area (Å²) in [5.74, 6) is -1.84. The van der Waals surface area contributed by atoms with E-state index in [4.69, 9.17) is 0 Å². The summed E-state index contributed by atoms with van der Waals surface area (Å²) in [5, 5.41) is 9.51. The van der Waals surface area contributed by atoms with Gasteiger partial charge in [0, 0.05) is 39.3 Å². The van der Waals surface area contributed by atoms with Crippen molar-refractivity contribution in [3.63, 3.8) is 0 Å². The highest BCUT2D eigenvalue weighted by Crippen LogP contribution is 2.24. The summed E-state index contributed by atoms with van der Waals surface area (Å²) < 4.78 is 0. The van der Waals surface area contributed by atoms with Gasteiger partial charge in [0.15, 0.2) is 0 Å². The minimum Gasteiger partial charge on any atom is -0.481 e. The summed E-state index contributed by atoms with van der Waals surface area (Å²) in [6, 6.07) is 7.36. The molecule has 1 atom stereocenters. The third-order valence-corrected chi connectivity index (χ3v) is 3.83. The van der Waals surface area contributed by atoms with Crippen molar-refractivity contribution in [1.29, 1.82) is 0 Å². The lowest BCUT2D eigenvalue weighted by molar-refractivity contribution is -0.142. The van der Waals surface area contributed by atoms with Gasteiger partial charge < -0.3 is 14.9 Å². The van der Waals surface area contributed by atoms with Crippen LogP contribution in [0, 0.1) is 0 Å². The fourth-order valence-electron chi connectivity index (χ4n) is 2.56. The van der Waals surface area contributed by atoms with Gasteiger partial charge in [-0.25, -0.2) is 0 Å². The predicted molar refractivity (Wildman–Crippen MR) is 92.9 cm³/mol. The molecule has 0 bridgehead atoms. The molecule has 0 aromatic heterocycles. The van der Waals surface area contributed by atoms with Crippen LogP contribution < -0.4 is 4.90 Å². The third-order valence-electron chi connectivity index (χ3n) is 3.83. The maximum absolute atomic E-state index is 12.4. The lowest BCUT2D eigenvalue weighted by atomic mass is 9.94. The maximum atomic E-state index is 12.4. The zero-order chi connectivity index (χ0) is 17.4. The molecular weight excluding hydrogens is 292 g/mol. The van der Waals surface area contributed by atoms with E-state index >= 15 is 0 Å². The zero-order valence-electron chi connectivity index (χ0n) is 14.6. The molecule has 0 radical (unpaired) electrons. The maximum Gasteiger partial charge on any atom is 0.311 e. The molecular formula is C18H28N2O3. The van der Waals surface area contributed by atoms with Crippen molar-refractivity contribution in [2.45, 2.75) is 39.0 Å². The molecule has 5 nitrogen and oxygen atoms in total. The second kappa shape index (κ2) is 9.18. The Kier molecular flexibility index (Phi) is 7.59. The van der Waals surface area contributed by atoms with Gasteiger partial charge in [-0.15, -0.1) is 0 Å². The number of anilines is 1. The molecule has 0 aliphatic heterocycles. The van der Waals surface area contributed by atoms with Crippen LogP contribution in [-0.4, -0.2) is 49.1 Å². The Morgan fingerprint density at radius 2 is 1.57 bits per heavy atom. The van der Waals surface area contributed by atoms with Gasteiger partial charge in [0.25, 0.3) is 0 Å². The van der Waals surface area contributed by atoms with Gasteiger partial charge >= 0.3 is 5.97 Å². The van der Waals surface area contributed by atoms with E-state index < -0.39 is 11.9 Å². The Hall–Kier alpha value is -2.04. The fraction of sp³-hybridized carbons (Fsp3) is 0.556. The van der Waals surface area contributed by atoms with E-state index in [0.29, 0.717) is 18.7 Å². The monoisotopic (exact) mass is 320 g/mol. The van der Waals surface area contributed by atoms with Gasteiger partial charge in [-0.05, 0) is 30.5 Å². The average Bonchev–Trinajstić information content (AvgIpc) is 2.52. The first-order valence-corrected chi connectivity index (χ1v) is 8.18. The summed E-state index contributed by atoms with van der Waals surface area (Å²) >= 11 is 0. The van der Waals surface area contributed by atoms with Gasteiger partial charge in [-0.2, -0.15) is 0 Å². The summed E-state index contributed by atoms with van der Waals surface area (Å²) in [7, 11) is 3.86. The molecule has 0 saturated heterocycles. The first-order valence-electron chi connectivity index (χ1n) is 8.18. The van der Waals surface area contributed by atoms with Crippen molar-refractivity contribution in [3.05, 3.63) is 29.8 Å². The first kappa shape index (κ1) is 19.0. The molecule has 0 aliphatic rings. The number of benzene rings is 1. The first-order chi connectivity index (χ1) is 10.9. The van der Waals surface area contributed by atoms with E-state index in [1.165, 1.54) is 0 Å². The average molecular weight is 320 g/mol. The number of amides is 1. The van der Waals surface area contributed by atoms with E-state index in [0.717, 1.165) is 18.5 Å². The molecule has 1 aromatic carbocycles. The van der Waals surface area contributed by atoms with E-state index in [9.17, 15) is 14.7 Å². The Morgan fingerprint density at radius 1 is 1.04 bits per heavy atom. The molecule has 5 heteroatoms. The van der Waals surface area contributed by atoms with Crippen LogP contribution in [0.5, 0.6) is 0 Å². The highest BCUT2D eigenvalue weighted by atomic mass is 16.4. The summed E-state index contributed by atoms with van der Waals surface area (Å²) in [6.45, 7) is 5.40. The number of carboxylic acids is 1. The van der Waals surface area contributed by atoms with Crippen LogP contribution in [0.3, 0.4) is 0 Å². The Labute approximate surface area is 138 Å². The summed E-state index contributed by atoms with van der Waals surface area (Å²) in [5.41, 5.74) is 1.67. The molecule has 1 amide bonds. The van der Waals surface area contributed by atoms with E-state index in [1.807, 2.05) is 45.0 Å². The van der Waals surface area contributed by atoms with Gasteiger partial charge in [0.2, 0.25) is 5.91 Å². The van der Waals surface area contributed by atoms with Crippen molar-refractivity contribution in [2.24, 2.45) is 0 Å². The van der Waals surface area contributed by atoms with Crippen LogP contribution in [0.25, 0.3) is 0 Å². The van der Waals surface area contributed by atoms with E-state index in [-0.39, 0.29) is 12.3 Å². The molecule has 0 heterocycles. The molecule has 0 saturated carbocycles. The summed E-state index contributed by atoms with van der Waals surface area (Å²) in [4.78, 5) is 27.8. The van der Waals surface area contributed by atoms with Gasteiger partial charge in [-0.3, -0.25) is 9.59 Å². The number of aliphatic carboxylic acids is 1. The van der Waals surface area contributed by atoms with Gasteiger partial charge in [0.05, 0.1) is 5.92 Å². The fourth-order valence-corrected chi connectivity index (χ4v) is 2.56. The summed E-state index contributed by atoms with van der Waals surface area (Å²) in [6.07, 6.45) is 1.76. The quantitative estimate of drug-likeness (QED) is 0.760. The second-order valence-corrected chi connectivity index (χ2v) is 5.96. The predicted octanol–water partition coefficient (Wildman–Crippen LogP) is 2.96. The number of rotatable bonds is 9. The standard InChI is InChI=1S/C18H28N2O3/c1-5-11-20(12-6-2)17(21)13-16(18(22)23)14-7-9-15(10-8-14)19(3)4/h7-10,16H,5-6,11-13H2,1-4H3,(H,22,23). The minimum atomic E-state index is -0.955. The number of hydrogen-bond acceptors (Lipinski definition) is 3. The topological polar surface area (TPSA) is 60.9 Å². The number of nitrogens with zero attached hydrogens (tertiary/aromatic N) is 2. The SMILES string of the molecule is CCCN(CCC)C(=O)CC(C(=O)O)c1ccc(N(C)C)cc1. The molecule has 0 spiro atoms. The van der Waals surface area contributed by atoms with Gasteiger partial charge in [-0.1, -0.05) is 26.0 Å². The van der Waals surface area contributed by atoms with Crippen LogP contribution in [0.4, 0.5) is 5.69 Å². The molecule has 0 aliphatic carbocycles. The smallest absolute Gasteiger partial charge is 0.311 e. The second-order valence-electron chi connectivity index (χ2n) is 5.96. The van der Waals surface area contributed by atoms with E-state index in [2.05, 4.69) is 0 Å². The van der Waals surface area contributed by atoms with Crippen LogP contribution in [0.15, 0.2) is 24.3 Å². The van der Waals surface area contributed by atoms with Crippen molar-refractivity contribution >= 4 is 17.6 Å². The Bertz CT molecular complexity index is 506. The molecule has 1 unspecified atom stereocenters. The number of carboxylic acid groups (broad SMARTS) is 1. The normalized spacial score (nSPS) is 11.8. The Morgan fingerprint density at radius 3 is 1.96 bits per heavy atom. The van der Waals surface area contributed by atoms with Crippen molar-refractivity contribution in [3.8, 4) is 0 Å². The lowest BCUT2D eigenvalue weighted by Gasteiger charge is -2.23. The van der Waals surface area contributed by atoms with E-state index in [1.54, 1.807) is 17.0 Å². The minimum absolute atomic E-state index is 0.0106. The highest BCUT2D eigenvalue weighted by Gasteiger charge is 2.25. The van der Waals surface area contributed by atoms with Crippen molar-refractivity contribution in [1.82, 2.24) is 4.90 Å².